The van der Waals surface area contributed by atoms with Gasteiger partial charge in [0, 0.05) is 5.69 Å². The van der Waals surface area contributed by atoms with Crippen LogP contribution in [0, 0.1) is 0 Å². The zero-order valence-corrected chi connectivity index (χ0v) is 13.7. The fraction of sp³-hybridized carbons (Fsp3) is 0.588. The molecule has 3 rings (SSSR count). The van der Waals surface area contributed by atoms with Gasteiger partial charge in [-0.15, -0.1) is 12.4 Å². The van der Waals surface area contributed by atoms with Crippen LogP contribution < -0.4 is 11.1 Å². The summed E-state index contributed by atoms with van der Waals surface area (Å²) in [6.07, 6.45) is 8.20. The van der Waals surface area contributed by atoms with Gasteiger partial charge >= 0.3 is 0 Å². The number of amides is 1. The van der Waals surface area contributed by atoms with Gasteiger partial charge in [0.2, 0.25) is 5.91 Å². The molecular weight excluding hydrogens is 300 g/mol. The van der Waals surface area contributed by atoms with Crippen LogP contribution in [0.15, 0.2) is 24.3 Å². The monoisotopic (exact) mass is 324 g/mol. The molecule has 2 saturated carbocycles. The Bertz CT molecular complexity index is 511. The zero-order valence-electron chi connectivity index (χ0n) is 12.8. The summed E-state index contributed by atoms with van der Waals surface area (Å²) in [4.78, 5) is 11.9. The summed E-state index contributed by atoms with van der Waals surface area (Å²) in [6.45, 7) is 0.613. The summed E-state index contributed by atoms with van der Waals surface area (Å²) >= 11 is 0. The van der Waals surface area contributed by atoms with E-state index in [1.165, 1.54) is 32.1 Å². The summed E-state index contributed by atoms with van der Waals surface area (Å²) in [5.41, 5.74) is 7.17. The lowest BCUT2D eigenvalue weighted by Crippen LogP contribution is -2.37. The quantitative estimate of drug-likeness (QED) is 0.872. The summed E-state index contributed by atoms with van der Waals surface area (Å²) in [5, 5.41) is 2.90. The van der Waals surface area contributed by atoms with E-state index in [1.807, 2.05) is 24.3 Å². The van der Waals surface area contributed by atoms with Gasteiger partial charge in [-0.05, 0) is 43.4 Å². The standard InChI is InChI=1S/C17H24N2O2.ClH/c18-17(9-10-17)16(20)19-14-6-4-5-13(11-14)12-21-15-7-2-1-3-8-15;/h4-6,11,15H,1-3,7-10,12,18H2,(H,19,20);1H. The summed E-state index contributed by atoms with van der Waals surface area (Å²) < 4.78 is 5.97. The van der Waals surface area contributed by atoms with E-state index in [-0.39, 0.29) is 18.3 Å². The number of nitrogens with one attached hydrogen (secondary N) is 1. The van der Waals surface area contributed by atoms with Crippen molar-refractivity contribution in [3.63, 3.8) is 0 Å². The van der Waals surface area contributed by atoms with Crippen molar-refractivity contribution in [2.45, 2.75) is 63.2 Å². The molecule has 5 heteroatoms. The molecule has 0 bridgehead atoms. The van der Waals surface area contributed by atoms with Gasteiger partial charge in [0.15, 0.2) is 0 Å². The minimum atomic E-state index is -0.630. The molecule has 0 heterocycles. The number of carbonyl (C=O) groups is 1. The van der Waals surface area contributed by atoms with Crippen LogP contribution in [-0.4, -0.2) is 17.6 Å². The average Bonchev–Trinajstić information content (AvgIpc) is 3.26. The molecule has 0 saturated heterocycles. The number of benzene rings is 1. The first-order chi connectivity index (χ1) is 10.2. The summed E-state index contributed by atoms with van der Waals surface area (Å²) in [6, 6.07) is 7.86. The first-order valence-electron chi connectivity index (χ1n) is 7.97. The first kappa shape index (κ1) is 17.3. The molecule has 2 aliphatic carbocycles. The number of hydrogen-bond acceptors (Lipinski definition) is 3. The van der Waals surface area contributed by atoms with Gasteiger partial charge in [-0.3, -0.25) is 4.79 Å². The minimum absolute atomic E-state index is 0. The highest BCUT2D eigenvalue weighted by atomic mass is 35.5. The Morgan fingerprint density at radius 3 is 2.68 bits per heavy atom. The zero-order chi connectivity index (χ0) is 14.7. The number of nitrogens with two attached hydrogens (primary N) is 1. The number of rotatable bonds is 5. The van der Waals surface area contributed by atoms with E-state index in [2.05, 4.69) is 5.32 Å². The third-order valence-electron chi connectivity index (χ3n) is 4.46. The third kappa shape index (κ3) is 4.45. The Labute approximate surface area is 138 Å². The average molecular weight is 325 g/mol. The largest absolute Gasteiger partial charge is 0.374 e. The van der Waals surface area contributed by atoms with E-state index in [4.69, 9.17) is 10.5 Å². The molecule has 1 aromatic rings. The van der Waals surface area contributed by atoms with Crippen LogP contribution >= 0.6 is 12.4 Å². The van der Waals surface area contributed by atoms with Crippen molar-refractivity contribution in [2.24, 2.45) is 5.73 Å². The van der Waals surface area contributed by atoms with Gasteiger partial charge in [-0.2, -0.15) is 0 Å². The topological polar surface area (TPSA) is 64.4 Å². The molecule has 0 aromatic heterocycles. The maximum absolute atomic E-state index is 11.9. The molecule has 0 radical (unpaired) electrons. The Morgan fingerprint density at radius 1 is 1.27 bits per heavy atom. The van der Waals surface area contributed by atoms with Crippen molar-refractivity contribution in [3.8, 4) is 0 Å². The van der Waals surface area contributed by atoms with E-state index in [0.717, 1.165) is 24.1 Å². The van der Waals surface area contributed by atoms with Crippen LogP contribution in [-0.2, 0) is 16.1 Å². The van der Waals surface area contributed by atoms with Crippen molar-refractivity contribution < 1.29 is 9.53 Å². The number of ether oxygens (including phenoxy) is 1. The summed E-state index contributed by atoms with van der Waals surface area (Å²) in [5.74, 6) is -0.0761. The molecule has 3 N–H and O–H groups in total. The van der Waals surface area contributed by atoms with Gasteiger partial charge < -0.3 is 15.8 Å². The third-order valence-corrected chi connectivity index (χ3v) is 4.46. The highest BCUT2D eigenvalue weighted by molar-refractivity contribution is 6.00. The maximum Gasteiger partial charge on any atom is 0.244 e. The Balaban J connectivity index is 0.00000176. The number of hydrogen-bond donors (Lipinski definition) is 2. The second-order valence-corrected chi connectivity index (χ2v) is 6.38. The maximum atomic E-state index is 11.9. The molecule has 0 aliphatic heterocycles. The van der Waals surface area contributed by atoms with E-state index >= 15 is 0 Å². The van der Waals surface area contributed by atoms with Crippen molar-refractivity contribution in [1.82, 2.24) is 0 Å². The van der Waals surface area contributed by atoms with Crippen molar-refractivity contribution in [2.75, 3.05) is 5.32 Å². The minimum Gasteiger partial charge on any atom is -0.374 e. The number of halogens is 1. The lowest BCUT2D eigenvalue weighted by molar-refractivity contribution is -0.118. The second kappa shape index (κ2) is 7.44. The molecule has 0 unspecified atom stereocenters. The van der Waals surface area contributed by atoms with Crippen LogP contribution in [0.1, 0.15) is 50.5 Å². The Hall–Kier alpha value is -1.10. The molecule has 1 amide bonds. The van der Waals surface area contributed by atoms with E-state index in [0.29, 0.717) is 12.7 Å². The molecule has 22 heavy (non-hydrogen) atoms. The SMILES string of the molecule is Cl.NC1(C(=O)Nc2cccc(COC3CCCCC3)c2)CC1. The van der Waals surface area contributed by atoms with E-state index in [1.54, 1.807) is 0 Å². The molecule has 0 atom stereocenters. The van der Waals surface area contributed by atoms with Crippen molar-refractivity contribution in [1.29, 1.82) is 0 Å². The van der Waals surface area contributed by atoms with Gasteiger partial charge in [-0.1, -0.05) is 31.4 Å². The van der Waals surface area contributed by atoms with Crippen LogP contribution in [0.4, 0.5) is 5.69 Å². The second-order valence-electron chi connectivity index (χ2n) is 6.38. The van der Waals surface area contributed by atoms with Crippen LogP contribution in [0.5, 0.6) is 0 Å². The lowest BCUT2D eigenvalue weighted by Gasteiger charge is -2.22. The highest BCUT2D eigenvalue weighted by Gasteiger charge is 2.45. The normalized spacial score (nSPS) is 20.0. The fourth-order valence-electron chi connectivity index (χ4n) is 2.80. The predicted octanol–water partition coefficient (Wildman–Crippen LogP) is 3.39. The predicted molar refractivity (Wildman–Crippen MR) is 90.1 cm³/mol. The van der Waals surface area contributed by atoms with Crippen molar-refractivity contribution >= 4 is 24.0 Å². The lowest BCUT2D eigenvalue weighted by atomic mass is 9.98. The van der Waals surface area contributed by atoms with Crippen LogP contribution in [0.2, 0.25) is 0 Å². The smallest absolute Gasteiger partial charge is 0.244 e. The summed E-state index contributed by atoms with van der Waals surface area (Å²) in [7, 11) is 0. The van der Waals surface area contributed by atoms with Gasteiger partial charge in [0.1, 0.15) is 0 Å². The van der Waals surface area contributed by atoms with Crippen LogP contribution in [0.25, 0.3) is 0 Å². The van der Waals surface area contributed by atoms with Gasteiger partial charge in [0.05, 0.1) is 18.2 Å². The van der Waals surface area contributed by atoms with Crippen molar-refractivity contribution in [3.05, 3.63) is 29.8 Å². The number of carbonyl (C=O) groups excluding carboxylic acids is 1. The first-order valence-corrected chi connectivity index (χ1v) is 7.97. The molecular formula is C17H25ClN2O2. The molecule has 1 aromatic carbocycles. The molecule has 2 aliphatic rings. The van der Waals surface area contributed by atoms with Gasteiger partial charge in [0.25, 0.3) is 0 Å². The molecule has 4 nitrogen and oxygen atoms in total. The highest BCUT2D eigenvalue weighted by Crippen LogP contribution is 2.33. The fourth-order valence-corrected chi connectivity index (χ4v) is 2.80. The molecule has 122 valence electrons. The number of anilines is 1. The van der Waals surface area contributed by atoms with Crippen LogP contribution in [0.3, 0.4) is 0 Å². The molecule has 2 fully saturated rings. The van der Waals surface area contributed by atoms with E-state index in [9.17, 15) is 4.79 Å². The van der Waals surface area contributed by atoms with Gasteiger partial charge in [-0.25, -0.2) is 0 Å². The van der Waals surface area contributed by atoms with E-state index < -0.39 is 5.54 Å². The molecule has 0 spiro atoms. The Morgan fingerprint density at radius 2 is 2.00 bits per heavy atom. The Kier molecular flexibility index (Phi) is 5.84.